The molecule has 2 aromatic rings. The van der Waals surface area contributed by atoms with Crippen molar-refractivity contribution in [1.29, 1.82) is 0 Å². The summed E-state index contributed by atoms with van der Waals surface area (Å²) in [6.07, 6.45) is 3.73. The molecule has 0 saturated carbocycles. The highest BCUT2D eigenvalue weighted by Gasteiger charge is 2.30. The SMILES string of the molecule is Cc1cc(C)cc(C2=CCN(S(=O)(=O)c3cnc(NCC4(C)COCCO4)c(F)c3)CC2)c1. The highest BCUT2D eigenvalue weighted by Crippen LogP contribution is 2.28. The number of aromatic nitrogens is 1. The summed E-state index contributed by atoms with van der Waals surface area (Å²) in [5.41, 5.74) is 4.00. The molecule has 178 valence electrons. The van der Waals surface area contributed by atoms with Crippen LogP contribution in [0.1, 0.15) is 30.0 Å². The molecule has 3 heterocycles. The van der Waals surface area contributed by atoms with Crippen LogP contribution >= 0.6 is 0 Å². The first kappa shape index (κ1) is 23.8. The van der Waals surface area contributed by atoms with Gasteiger partial charge in [-0.05, 0) is 44.4 Å². The molecular formula is C24H30FN3O4S. The largest absolute Gasteiger partial charge is 0.376 e. The van der Waals surface area contributed by atoms with Crippen LogP contribution in [0.25, 0.3) is 5.57 Å². The number of anilines is 1. The number of hydrogen-bond acceptors (Lipinski definition) is 6. The van der Waals surface area contributed by atoms with E-state index >= 15 is 0 Å². The van der Waals surface area contributed by atoms with Crippen molar-refractivity contribution >= 4 is 21.4 Å². The zero-order valence-corrected chi connectivity index (χ0v) is 20.0. The van der Waals surface area contributed by atoms with Gasteiger partial charge in [-0.1, -0.05) is 35.4 Å². The molecule has 0 spiro atoms. The minimum absolute atomic E-state index is 0.0139. The third-order valence-electron chi connectivity index (χ3n) is 5.93. The van der Waals surface area contributed by atoms with Crippen LogP contribution in [0.15, 0.2) is 41.4 Å². The van der Waals surface area contributed by atoms with Gasteiger partial charge in [0.25, 0.3) is 0 Å². The highest BCUT2D eigenvalue weighted by atomic mass is 32.2. The molecule has 1 atom stereocenters. The average Bonchev–Trinajstić information content (AvgIpc) is 2.78. The first-order valence-electron chi connectivity index (χ1n) is 11.1. The zero-order valence-electron chi connectivity index (χ0n) is 19.2. The van der Waals surface area contributed by atoms with Crippen molar-refractivity contribution in [3.05, 3.63) is 59.0 Å². The predicted molar refractivity (Wildman–Crippen MR) is 125 cm³/mol. The molecule has 33 heavy (non-hydrogen) atoms. The summed E-state index contributed by atoms with van der Waals surface area (Å²) in [5, 5.41) is 2.91. The number of sulfonamides is 1. The van der Waals surface area contributed by atoms with Crippen molar-refractivity contribution in [1.82, 2.24) is 9.29 Å². The predicted octanol–water partition coefficient (Wildman–Crippen LogP) is 3.53. The number of aryl methyl sites for hydroxylation is 2. The molecular weight excluding hydrogens is 445 g/mol. The van der Waals surface area contributed by atoms with E-state index in [9.17, 15) is 12.8 Å². The van der Waals surface area contributed by atoms with Gasteiger partial charge in [0.05, 0.1) is 19.8 Å². The zero-order chi connectivity index (χ0) is 23.6. The molecule has 0 radical (unpaired) electrons. The number of halogens is 1. The summed E-state index contributed by atoms with van der Waals surface area (Å²) in [7, 11) is -3.86. The number of benzene rings is 1. The lowest BCUT2D eigenvalue weighted by molar-refractivity contribution is -0.140. The lowest BCUT2D eigenvalue weighted by Gasteiger charge is -2.33. The van der Waals surface area contributed by atoms with Gasteiger partial charge in [0.1, 0.15) is 10.5 Å². The first-order valence-corrected chi connectivity index (χ1v) is 12.5. The number of rotatable bonds is 6. The van der Waals surface area contributed by atoms with Gasteiger partial charge in [0, 0.05) is 25.8 Å². The minimum atomic E-state index is -3.86. The lowest BCUT2D eigenvalue weighted by Crippen LogP contribution is -2.46. The summed E-state index contributed by atoms with van der Waals surface area (Å²) in [4.78, 5) is 3.88. The molecule has 1 aromatic carbocycles. The van der Waals surface area contributed by atoms with Gasteiger partial charge in [-0.2, -0.15) is 4.31 Å². The maximum absolute atomic E-state index is 14.7. The van der Waals surface area contributed by atoms with Gasteiger partial charge in [-0.25, -0.2) is 17.8 Å². The third-order valence-corrected chi connectivity index (χ3v) is 7.76. The Bertz CT molecular complexity index is 1140. The second-order valence-corrected chi connectivity index (χ2v) is 10.9. The number of ether oxygens (including phenoxy) is 2. The summed E-state index contributed by atoms with van der Waals surface area (Å²) >= 11 is 0. The van der Waals surface area contributed by atoms with E-state index in [1.807, 2.05) is 26.8 Å². The van der Waals surface area contributed by atoms with Crippen LogP contribution in [0.3, 0.4) is 0 Å². The number of pyridine rings is 1. The van der Waals surface area contributed by atoms with Gasteiger partial charge >= 0.3 is 0 Å². The standard InChI is InChI=1S/C24H30FN3O4S/c1-17-10-18(2)12-20(11-17)19-4-6-28(7-5-19)33(29,30)21-13-22(25)23(26-14-21)27-15-24(3)16-31-8-9-32-24/h4,10-14H,5-9,15-16H2,1-3H3,(H,26,27). The molecule has 1 fully saturated rings. The van der Waals surface area contributed by atoms with E-state index in [4.69, 9.17) is 9.47 Å². The Morgan fingerprint density at radius 1 is 1.18 bits per heavy atom. The van der Waals surface area contributed by atoms with E-state index in [0.717, 1.165) is 17.2 Å². The second-order valence-electron chi connectivity index (χ2n) is 8.92. The summed E-state index contributed by atoms with van der Waals surface area (Å²) < 4.78 is 53.3. The van der Waals surface area contributed by atoms with Crippen LogP contribution in [0, 0.1) is 19.7 Å². The molecule has 7 nitrogen and oxygen atoms in total. The molecule has 1 N–H and O–H groups in total. The molecule has 1 unspecified atom stereocenters. The van der Waals surface area contributed by atoms with Gasteiger partial charge in [0.15, 0.2) is 11.6 Å². The van der Waals surface area contributed by atoms with E-state index in [2.05, 4.69) is 28.5 Å². The fourth-order valence-corrected chi connectivity index (χ4v) is 5.52. The molecule has 2 aliphatic heterocycles. The minimum Gasteiger partial charge on any atom is -0.376 e. The van der Waals surface area contributed by atoms with Crippen LogP contribution < -0.4 is 5.32 Å². The van der Waals surface area contributed by atoms with Crippen LogP contribution in [0.2, 0.25) is 0 Å². The Labute approximate surface area is 194 Å². The topological polar surface area (TPSA) is 80.8 Å². The van der Waals surface area contributed by atoms with Crippen LogP contribution in [-0.2, 0) is 19.5 Å². The maximum atomic E-state index is 14.7. The number of nitrogens with zero attached hydrogens (tertiary/aromatic N) is 2. The number of hydrogen-bond donors (Lipinski definition) is 1. The lowest BCUT2D eigenvalue weighted by atomic mass is 9.97. The molecule has 0 amide bonds. The molecule has 2 aliphatic rings. The number of nitrogens with one attached hydrogen (secondary N) is 1. The molecule has 1 aromatic heterocycles. The van der Waals surface area contributed by atoms with E-state index in [0.29, 0.717) is 39.3 Å². The van der Waals surface area contributed by atoms with Gasteiger partial charge < -0.3 is 14.8 Å². The van der Waals surface area contributed by atoms with E-state index in [-0.39, 0.29) is 17.3 Å². The summed E-state index contributed by atoms with van der Waals surface area (Å²) in [5.74, 6) is -0.736. The van der Waals surface area contributed by atoms with Gasteiger partial charge in [-0.3, -0.25) is 0 Å². The fraction of sp³-hybridized carbons (Fsp3) is 0.458. The van der Waals surface area contributed by atoms with Crippen LogP contribution in [-0.4, -0.2) is 62.8 Å². The Balaban J connectivity index is 1.45. The van der Waals surface area contributed by atoms with Gasteiger partial charge in [0.2, 0.25) is 10.0 Å². The van der Waals surface area contributed by atoms with Crippen molar-refractivity contribution in [2.45, 2.75) is 37.7 Å². The highest BCUT2D eigenvalue weighted by molar-refractivity contribution is 7.89. The second kappa shape index (κ2) is 9.50. The van der Waals surface area contributed by atoms with Gasteiger partial charge in [-0.15, -0.1) is 0 Å². The maximum Gasteiger partial charge on any atom is 0.245 e. The summed E-state index contributed by atoms with van der Waals surface area (Å²) in [6, 6.07) is 7.35. The van der Waals surface area contributed by atoms with E-state index < -0.39 is 21.4 Å². The molecule has 0 bridgehead atoms. The van der Waals surface area contributed by atoms with E-state index in [1.165, 1.54) is 21.6 Å². The monoisotopic (exact) mass is 475 g/mol. The van der Waals surface area contributed by atoms with Crippen LogP contribution in [0.4, 0.5) is 10.2 Å². The Morgan fingerprint density at radius 3 is 2.55 bits per heavy atom. The Morgan fingerprint density at radius 2 is 1.94 bits per heavy atom. The van der Waals surface area contributed by atoms with Crippen molar-refractivity contribution in [3.8, 4) is 0 Å². The summed E-state index contributed by atoms with van der Waals surface area (Å²) in [6.45, 7) is 8.22. The molecule has 9 heteroatoms. The smallest absolute Gasteiger partial charge is 0.245 e. The van der Waals surface area contributed by atoms with Crippen molar-refractivity contribution < 1.29 is 22.3 Å². The van der Waals surface area contributed by atoms with Crippen molar-refractivity contribution in [2.75, 3.05) is 44.8 Å². The fourth-order valence-electron chi connectivity index (χ4n) is 4.18. The average molecular weight is 476 g/mol. The van der Waals surface area contributed by atoms with Crippen molar-refractivity contribution in [2.24, 2.45) is 0 Å². The van der Waals surface area contributed by atoms with Crippen LogP contribution in [0.5, 0.6) is 0 Å². The Kier molecular flexibility index (Phi) is 6.86. The third kappa shape index (κ3) is 5.43. The molecule has 4 rings (SSSR count). The van der Waals surface area contributed by atoms with E-state index in [1.54, 1.807) is 0 Å². The van der Waals surface area contributed by atoms with Crippen molar-refractivity contribution in [3.63, 3.8) is 0 Å². The first-order chi connectivity index (χ1) is 15.7. The Hall–Kier alpha value is -2.33. The normalized spacial score (nSPS) is 22.1. The quantitative estimate of drug-likeness (QED) is 0.689. The molecule has 1 saturated heterocycles. The molecule has 0 aliphatic carbocycles.